The SMILES string of the molecule is Cc1cccc(OCC2(O)COCCN(Cc3cccc(OCCn4cccn4)c3)C2)c1. The van der Waals surface area contributed by atoms with Crippen LogP contribution in [0.1, 0.15) is 11.1 Å². The number of aliphatic hydroxyl groups is 1. The average molecular weight is 438 g/mol. The van der Waals surface area contributed by atoms with E-state index in [1.807, 2.05) is 60.3 Å². The van der Waals surface area contributed by atoms with E-state index in [-0.39, 0.29) is 13.2 Å². The summed E-state index contributed by atoms with van der Waals surface area (Å²) in [4.78, 5) is 2.20. The second kappa shape index (κ2) is 10.6. The van der Waals surface area contributed by atoms with Gasteiger partial charge in [0, 0.05) is 32.0 Å². The molecular formula is C25H31N3O4. The second-order valence-corrected chi connectivity index (χ2v) is 8.36. The summed E-state index contributed by atoms with van der Waals surface area (Å²) in [6, 6.07) is 17.8. The normalized spacial score (nSPS) is 19.4. The van der Waals surface area contributed by atoms with Crippen LogP contribution in [0.25, 0.3) is 0 Å². The lowest BCUT2D eigenvalue weighted by Gasteiger charge is -2.30. The quantitative estimate of drug-likeness (QED) is 0.555. The van der Waals surface area contributed by atoms with Crippen molar-refractivity contribution in [1.29, 1.82) is 0 Å². The minimum absolute atomic E-state index is 0.184. The standard InChI is InChI=1S/C25H31N3O4/c1-21-5-2-7-23(15-21)32-20-25(29)18-27(11-13-30-19-25)17-22-6-3-8-24(16-22)31-14-12-28-10-4-9-26-28/h2-10,15-16,29H,11-14,17-20H2,1H3. The zero-order chi connectivity index (χ0) is 22.2. The fourth-order valence-corrected chi connectivity index (χ4v) is 3.82. The van der Waals surface area contributed by atoms with E-state index < -0.39 is 5.60 Å². The number of aromatic nitrogens is 2. The predicted octanol–water partition coefficient (Wildman–Crippen LogP) is 2.91. The van der Waals surface area contributed by atoms with Crippen molar-refractivity contribution in [2.45, 2.75) is 25.6 Å². The van der Waals surface area contributed by atoms with E-state index in [4.69, 9.17) is 14.2 Å². The molecule has 32 heavy (non-hydrogen) atoms. The van der Waals surface area contributed by atoms with Crippen molar-refractivity contribution < 1.29 is 19.3 Å². The monoisotopic (exact) mass is 437 g/mol. The molecule has 2 heterocycles. The van der Waals surface area contributed by atoms with Crippen molar-refractivity contribution in [1.82, 2.24) is 14.7 Å². The highest BCUT2D eigenvalue weighted by Crippen LogP contribution is 2.20. The zero-order valence-electron chi connectivity index (χ0n) is 18.5. The van der Waals surface area contributed by atoms with Gasteiger partial charge in [-0.2, -0.15) is 5.10 Å². The third kappa shape index (κ3) is 6.56. The fraction of sp³-hybridized carbons (Fsp3) is 0.400. The van der Waals surface area contributed by atoms with Crippen LogP contribution in [0.4, 0.5) is 0 Å². The molecule has 0 saturated carbocycles. The molecular weight excluding hydrogens is 406 g/mol. The first-order chi connectivity index (χ1) is 15.6. The minimum atomic E-state index is -1.07. The Morgan fingerprint density at radius 3 is 2.75 bits per heavy atom. The molecule has 2 aromatic carbocycles. The van der Waals surface area contributed by atoms with Gasteiger partial charge >= 0.3 is 0 Å². The third-order valence-electron chi connectivity index (χ3n) is 5.39. The molecule has 7 heteroatoms. The van der Waals surface area contributed by atoms with Gasteiger partial charge in [0.05, 0.1) is 19.8 Å². The Morgan fingerprint density at radius 1 is 1.09 bits per heavy atom. The number of hydrogen-bond acceptors (Lipinski definition) is 6. The Balaban J connectivity index is 1.32. The number of aryl methyl sites for hydroxylation is 1. The van der Waals surface area contributed by atoms with Crippen LogP contribution in [0, 0.1) is 6.92 Å². The van der Waals surface area contributed by atoms with Gasteiger partial charge in [-0.3, -0.25) is 9.58 Å². The van der Waals surface area contributed by atoms with E-state index in [1.54, 1.807) is 6.20 Å². The van der Waals surface area contributed by atoms with Crippen LogP contribution in [0.3, 0.4) is 0 Å². The van der Waals surface area contributed by atoms with Gasteiger partial charge in [0.1, 0.15) is 30.3 Å². The molecule has 7 nitrogen and oxygen atoms in total. The van der Waals surface area contributed by atoms with Crippen LogP contribution >= 0.6 is 0 Å². The number of rotatable bonds is 9. The minimum Gasteiger partial charge on any atom is -0.492 e. The Morgan fingerprint density at radius 2 is 1.94 bits per heavy atom. The van der Waals surface area contributed by atoms with Crippen molar-refractivity contribution in [2.24, 2.45) is 0 Å². The van der Waals surface area contributed by atoms with Crippen molar-refractivity contribution in [2.75, 3.05) is 39.5 Å². The summed E-state index contributed by atoms with van der Waals surface area (Å²) in [5.74, 6) is 1.59. The van der Waals surface area contributed by atoms with Crippen molar-refractivity contribution in [3.63, 3.8) is 0 Å². The maximum Gasteiger partial charge on any atom is 0.134 e. The van der Waals surface area contributed by atoms with Gasteiger partial charge in [-0.15, -0.1) is 0 Å². The van der Waals surface area contributed by atoms with Crippen LogP contribution in [0.2, 0.25) is 0 Å². The van der Waals surface area contributed by atoms with Gasteiger partial charge < -0.3 is 19.3 Å². The summed E-state index contributed by atoms with van der Waals surface area (Å²) >= 11 is 0. The highest BCUT2D eigenvalue weighted by Gasteiger charge is 2.33. The topological polar surface area (TPSA) is 69.0 Å². The molecule has 1 saturated heterocycles. The largest absolute Gasteiger partial charge is 0.492 e. The smallest absolute Gasteiger partial charge is 0.134 e. The van der Waals surface area contributed by atoms with Gasteiger partial charge in [0.25, 0.3) is 0 Å². The van der Waals surface area contributed by atoms with Crippen molar-refractivity contribution in [3.8, 4) is 11.5 Å². The fourth-order valence-electron chi connectivity index (χ4n) is 3.82. The van der Waals surface area contributed by atoms with E-state index in [0.717, 1.165) is 29.2 Å². The summed E-state index contributed by atoms with van der Waals surface area (Å²) in [5, 5.41) is 15.4. The molecule has 4 rings (SSSR count). The van der Waals surface area contributed by atoms with Crippen LogP contribution in [0.5, 0.6) is 11.5 Å². The maximum atomic E-state index is 11.2. The lowest BCUT2D eigenvalue weighted by Crippen LogP contribution is -2.48. The molecule has 0 spiro atoms. The zero-order valence-corrected chi connectivity index (χ0v) is 18.5. The summed E-state index contributed by atoms with van der Waals surface area (Å²) in [7, 11) is 0. The Labute approximate surface area is 189 Å². The van der Waals surface area contributed by atoms with Crippen molar-refractivity contribution >= 4 is 0 Å². The number of β-amino-alcohol motifs (C(OH)–C–C–N with tert-alkyl or cyclic N) is 1. The van der Waals surface area contributed by atoms with Crippen LogP contribution in [0.15, 0.2) is 67.0 Å². The molecule has 3 aromatic rings. The lowest BCUT2D eigenvalue weighted by molar-refractivity contribution is -0.0646. The van der Waals surface area contributed by atoms with Crippen molar-refractivity contribution in [3.05, 3.63) is 78.1 Å². The van der Waals surface area contributed by atoms with E-state index in [1.165, 1.54) is 0 Å². The number of benzene rings is 2. The first kappa shape index (κ1) is 22.3. The molecule has 1 N–H and O–H groups in total. The predicted molar refractivity (Wildman–Crippen MR) is 122 cm³/mol. The summed E-state index contributed by atoms with van der Waals surface area (Å²) in [5.41, 5.74) is 1.18. The van der Waals surface area contributed by atoms with Gasteiger partial charge in [0.15, 0.2) is 0 Å². The molecule has 1 fully saturated rings. The summed E-state index contributed by atoms with van der Waals surface area (Å²) < 4.78 is 19.3. The van der Waals surface area contributed by atoms with Gasteiger partial charge in [0.2, 0.25) is 0 Å². The summed E-state index contributed by atoms with van der Waals surface area (Å²) in [6.45, 7) is 6.22. The Bertz CT molecular complexity index is 979. The molecule has 0 amide bonds. The summed E-state index contributed by atoms with van der Waals surface area (Å²) in [6.07, 6.45) is 3.68. The van der Waals surface area contributed by atoms with Gasteiger partial charge in [-0.25, -0.2) is 0 Å². The van der Waals surface area contributed by atoms with Crippen LogP contribution in [-0.4, -0.2) is 64.9 Å². The molecule has 1 unspecified atom stereocenters. The first-order valence-electron chi connectivity index (χ1n) is 11.0. The molecule has 1 aromatic heterocycles. The Hall–Kier alpha value is -2.87. The molecule has 1 aliphatic heterocycles. The molecule has 0 aliphatic carbocycles. The van der Waals surface area contributed by atoms with E-state index in [9.17, 15) is 5.11 Å². The Kier molecular flexibility index (Phi) is 7.42. The molecule has 0 bridgehead atoms. The van der Waals surface area contributed by atoms with E-state index in [0.29, 0.717) is 32.8 Å². The van der Waals surface area contributed by atoms with E-state index in [2.05, 4.69) is 22.1 Å². The third-order valence-corrected chi connectivity index (χ3v) is 5.39. The van der Waals surface area contributed by atoms with Gasteiger partial charge in [-0.05, 0) is 48.4 Å². The highest BCUT2D eigenvalue weighted by molar-refractivity contribution is 5.29. The molecule has 170 valence electrons. The second-order valence-electron chi connectivity index (χ2n) is 8.36. The molecule has 0 radical (unpaired) electrons. The molecule has 1 atom stereocenters. The van der Waals surface area contributed by atoms with Gasteiger partial charge in [-0.1, -0.05) is 24.3 Å². The number of hydrogen-bond donors (Lipinski definition) is 1. The lowest BCUT2D eigenvalue weighted by atomic mass is 10.1. The maximum absolute atomic E-state index is 11.2. The van der Waals surface area contributed by atoms with Crippen LogP contribution < -0.4 is 9.47 Å². The highest BCUT2D eigenvalue weighted by atomic mass is 16.5. The van der Waals surface area contributed by atoms with Crippen LogP contribution in [-0.2, 0) is 17.8 Å². The average Bonchev–Trinajstić information content (AvgIpc) is 3.22. The number of ether oxygens (including phenoxy) is 3. The number of nitrogens with zero attached hydrogens (tertiary/aromatic N) is 3. The van der Waals surface area contributed by atoms with E-state index >= 15 is 0 Å². The molecule has 1 aliphatic rings. The first-order valence-corrected chi connectivity index (χ1v) is 11.0.